The van der Waals surface area contributed by atoms with Gasteiger partial charge in [0.2, 0.25) is 0 Å². The van der Waals surface area contributed by atoms with Crippen LogP contribution >= 0.6 is 0 Å². The Morgan fingerprint density at radius 2 is 2.14 bits per heavy atom. The average molecular weight is 288 g/mol. The smallest absolute Gasteiger partial charge is 0.161 e. The number of ether oxygens (including phenoxy) is 2. The molecule has 1 aliphatic rings. The molecule has 3 rings (SSSR count). The molecule has 21 heavy (non-hydrogen) atoms. The molecule has 0 saturated carbocycles. The van der Waals surface area contributed by atoms with Crippen LogP contribution in [-0.4, -0.2) is 34.5 Å². The highest BCUT2D eigenvalue weighted by atomic mass is 16.6. The van der Waals surface area contributed by atoms with Crippen LogP contribution in [0.3, 0.4) is 0 Å². The molecule has 6 nitrogen and oxygen atoms in total. The van der Waals surface area contributed by atoms with Crippen LogP contribution in [0.5, 0.6) is 11.5 Å². The summed E-state index contributed by atoms with van der Waals surface area (Å²) in [6, 6.07) is 6.28. The molecule has 0 fully saturated rings. The molecule has 112 valence electrons. The molecule has 6 heteroatoms. The number of benzene rings is 1. The monoisotopic (exact) mass is 288 g/mol. The molecule has 1 aliphatic heterocycles. The van der Waals surface area contributed by atoms with Crippen molar-refractivity contribution in [2.24, 2.45) is 0 Å². The summed E-state index contributed by atoms with van der Waals surface area (Å²) in [5.74, 6) is 1.64. The summed E-state index contributed by atoms with van der Waals surface area (Å²) in [6.07, 6.45) is 4.37. The van der Waals surface area contributed by atoms with Crippen LogP contribution in [0.15, 0.2) is 30.9 Å². The lowest BCUT2D eigenvalue weighted by atomic mass is 10.1. The molecule has 0 bridgehead atoms. The van der Waals surface area contributed by atoms with Crippen LogP contribution in [0.2, 0.25) is 0 Å². The fourth-order valence-electron chi connectivity index (χ4n) is 2.40. The lowest BCUT2D eigenvalue weighted by Gasteiger charge is -2.23. The highest BCUT2D eigenvalue weighted by Gasteiger charge is 2.17. The minimum Gasteiger partial charge on any atom is -0.486 e. The summed E-state index contributed by atoms with van der Waals surface area (Å²) >= 11 is 0. The van der Waals surface area contributed by atoms with E-state index in [4.69, 9.17) is 9.47 Å². The van der Waals surface area contributed by atoms with Gasteiger partial charge in [0.05, 0.1) is 12.6 Å². The second kappa shape index (κ2) is 6.58. The average Bonchev–Trinajstić information content (AvgIpc) is 3.04. The third kappa shape index (κ3) is 3.33. The van der Waals surface area contributed by atoms with Crippen molar-refractivity contribution >= 4 is 0 Å². The van der Waals surface area contributed by atoms with E-state index < -0.39 is 0 Å². The highest BCUT2D eigenvalue weighted by Crippen LogP contribution is 2.32. The summed E-state index contributed by atoms with van der Waals surface area (Å²) in [5.41, 5.74) is 1.17. The number of rotatable bonds is 6. The molecule has 0 amide bonds. The molecule has 1 N–H and O–H groups in total. The van der Waals surface area contributed by atoms with Gasteiger partial charge in [-0.2, -0.15) is 5.10 Å². The van der Waals surface area contributed by atoms with Crippen LogP contribution in [-0.2, 0) is 6.54 Å². The highest BCUT2D eigenvalue weighted by molar-refractivity contribution is 5.44. The molecule has 0 radical (unpaired) electrons. The molecule has 1 atom stereocenters. The fourth-order valence-corrected chi connectivity index (χ4v) is 2.40. The second-order valence-corrected chi connectivity index (χ2v) is 5.03. The van der Waals surface area contributed by atoms with Crippen molar-refractivity contribution in [2.75, 3.05) is 19.8 Å². The fraction of sp³-hybridized carbons (Fsp3) is 0.467. The molecular formula is C15H20N4O2. The Hall–Kier alpha value is -2.08. The van der Waals surface area contributed by atoms with Gasteiger partial charge in [-0.3, -0.25) is 4.68 Å². The molecule has 0 aliphatic carbocycles. The predicted octanol–water partition coefficient (Wildman–Crippen LogP) is 1.79. The molecule has 2 aromatic rings. The summed E-state index contributed by atoms with van der Waals surface area (Å²) in [4.78, 5) is 4.00. The Labute approximate surface area is 124 Å². The van der Waals surface area contributed by atoms with E-state index in [0.29, 0.717) is 13.2 Å². The van der Waals surface area contributed by atoms with Gasteiger partial charge in [0.25, 0.3) is 0 Å². The number of hydrogen-bond acceptors (Lipinski definition) is 5. The van der Waals surface area contributed by atoms with Gasteiger partial charge in [0, 0.05) is 0 Å². The van der Waals surface area contributed by atoms with E-state index in [1.165, 1.54) is 5.56 Å². The lowest BCUT2D eigenvalue weighted by molar-refractivity contribution is 0.171. The summed E-state index contributed by atoms with van der Waals surface area (Å²) < 4.78 is 13.1. The van der Waals surface area contributed by atoms with Gasteiger partial charge in [0.15, 0.2) is 11.5 Å². The Morgan fingerprint density at radius 1 is 1.29 bits per heavy atom. The number of nitrogens with zero attached hydrogens (tertiary/aromatic N) is 3. The Kier molecular flexibility index (Phi) is 4.35. The molecule has 1 aromatic heterocycles. The second-order valence-electron chi connectivity index (χ2n) is 5.03. The third-order valence-corrected chi connectivity index (χ3v) is 3.45. The minimum atomic E-state index is 0.169. The SMILES string of the molecule is CCCNC(Cn1cncn1)c1ccc2c(c1)OCCO2. The normalized spacial score (nSPS) is 14.9. The molecule has 0 saturated heterocycles. The van der Waals surface area contributed by atoms with Gasteiger partial charge in [-0.25, -0.2) is 4.98 Å². The van der Waals surface area contributed by atoms with Crippen molar-refractivity contribution < 1.29 is 9.47 Å². The van der Waals surface area contributed by atoms with E-state index in [1.54, 1.807) is 12.7 Å². The largest absolute Gasteiger partial charge is 0.486 e. The van der Waals surface area contributed by atoms with Gasteiger partial charge in [-0.15, -0.1) is 0 Å². The summed E-state index contributed by atoms with van der Waals surface area (Å²) in [6.45, 7) is 5.06. The van der Waals surface area contributed by atoms with E-state index in [0.717, 1.165) is 31.0 Å². The maximum Gasteiger partial charge on any atom is 0.161 e. The van der Waals surface area contributed by atoms with Gasteiger partial charge in [-0.1, -0.05) is 13.0 Å². The third-order valence-electron chi connectivity index (χ3n) is 3.45. The number of nitrogens with one attached hydrogen (secondary N) is 1. The van der Waals surface area contributed by atoms with Gasteiger partial charge in [-0.05, 0) is 30.7 Å². The van der Waals surface area contributed by atoms with Gasteiger partial charge >= 0.3 is 0 Å². The van der Waals surface area contributed by atoms with E-state index in [1.807, 2.05) is 10.7 Å². The van der Waals surface area contributed by atoms with Crippen LogP contribution in [0.4, 0.5) is 0 Å². The molecule has 1 aromatic carbocycles. The first-order valence-electron chi connectivity index (χ1n) is 7.32. The summed E-state index contributed by atoms with van der Waals surface area (Å²) in [5, 5.41) is 7.73. The Bertz CT molecular complexity index is 571. The van der Waals surface area contributed by atoms with Crippen molar-refractivity contribution in [2.45, 2.75) is 25.9 Å². The molecule has 0 spiro atoms. The quantitative estimate of drug-likeness (QED) is 0.878. The topological polar surface area (TPSA) is 61.2 Å². The van der Waals surface area contributed by atoms with Crippen LogP contribution < -0.4 is 14.8 Å². The number of fused-ring (bicyclic) bond motifs is 1. The molecule has 1 unspecified atom stereocenters. The summed E-state index contributed by atoms with van der Waals surface area (Å²) in [7, 11) is 0. The first kappa shape index (κ1) is 13.9. The van der Waals surface area contributed by atoms with Crippen molar-refractivity contribution in [3.05, 3.63) is 36.4 Å². The van der Waals surface area contributed by atoms with Crippen LogP contribution in [0, 0.1) is 0 Å². The predicted molar refractivity (Wildman–Crippen MR) is 78.5 cm³/mol. The van der Waals surface area contributed by atoms with Crippen molar-refractivity contribution in [1.82, 2.24) is 20.1 Å². The van der Waals surface area contributed by atoms with E-state index in [2.05, 4.69) is 34.5 Å². The van der Waals surface area contributed by atoms with Crippen molar-refractivity contribution in [3.63, 3.8) is 0 Å². The number of hydrogen-bond donors (Lipinski definition) is 1. The maximum atomic E-state index is 5.67. The Morgan fingerprint density at radius 3 is 2.90 bits per heavy atom. The molecular weight excluding hydrogens is 268 g/mol. The zero-order valence-electron chi connectivity index (χ0n) is 12.2. The van der Waals surface area contributed by atoms with E-state index in [9.17, 15) is 0 Å². The van der Waals surface area contributed by atoms with Gasteiger partial charge in [0.1, 0.15) is 25.9 Å². The zero-order valence-corrected chi connectivity index (χ0v) is 12.2. The van der Waals surface area contributed by atoms with E-state index >= 15 is 0 Å². The lowest BCUT2D eigenvalue weighted by Crippen LogP contribution is -2.27. The molecule has 2 heterocycles. The van der Waals surface area contributed by atoms with Crippen molar-refractivity contribution in [1.29, 1.82) is 0 Å². The van der Waals surface area contributed by atoms with Crippen LogP contribution in [0.1, 0.15) is 24.9 Å². The standard InChI is InChI=1S/C15H20N4O2/c1-2-5-17-13(9-19-11-16-10-18-19)12-3-4-14-15(8-12)21-7-6-20-14/h3-4,8,10-11,13,17H,2,5-7,9H2,1H3. The van der Waals surface area contributed by atoms with Gasteiger partial charge < -0.3 is 14.8 Å². The van der Waals surface area contributed by atoms with E-state index in [-0.39, 0.29) is 6.04 Å². The first-order valence-corrected chi connectivity index (χ1v) is 7.32. The first-order chi connectivity index (χ1) is 10.4. The Balaban J connectivity index is 1.81. The van der Waals surface area contributed by atoms with Crippen molar-refractivity contribution in [3.8, 4) is 11.5 Å². The minimum absolute atomic E-state index is 0.169. The zero-order chi connectivity index (χ0) is 14.5. The number of aromatic nitrogens is 3. The maximum absolute atomic E-state index is 5.67. The van der Waals surface area contributed by atoms with Crippen LogP contribution in [0.25, 0.3) is 0 Å².